The molecule has 0 aromatic heterocycles. The van der Waals surface area contributed by atoms with Gasteiger partial charge in [-0.1, -0.05) is 18.6 Å². The lowest BCUT2D eigenvalue weighted by atomic mass is 9.88. The number of aliphatic hydroxyl groups excluding tert-OH is 1. The first kappa shape index (κ1) is 19.3. The molecule has 1 heterocycles. The molecule has 0 amide bonds. The monoisotopic (exact) mass is 344 g/mol. The van der Waals surface area contributed by atoms with Crippen LogP contribution in [0.3, 0.4) is 0 Å². The van der Waals surface area contributed by atoms with E-state index in [-0.39, 0.29) is 18.7 Å². The highest BCUT2D eigenvalue weighted by atomic mass is 16.5. The third kappa shape index (κ3) is 4.15. The molecule has 136 valence electrons. The first-order valence-electron chi connectivity index (χ1n) is 8.76. The van der Waals surface area contributed by atoms with Crippen molar-refractivity contribution >= 4 is 0 Å². The van der Waals surface area contributed by atoms with Gasteiger partial charge in [-0.3, -0.25) is 4.90 Å². The number of nitrogens with zero attached hydrogens (tertiary/aromatic N) is 2. The van der Waals surface area contributed by atoms with Crippen LogP contribution >= 0.6 is 0 Å². The molecule has 0 bridgehead atoms. The first-order chi connectivity index (χ1) is 12.1. The molecule has 1 aromatic rings. The van der Waals surface area contributed by atoms with Crippen LogP contribution < -0.4 is 9.47 Å². The van der Waals surface area contributed by atoms with Crippen molar-refractivity contribution in [2.75, 3.05) is 27.4 Å². The summed E-state index contributed by atoms with van der Waals surface area (Å²) in [6.45, 7) is 4.86. The second-order valence-electron chi connectivity index (χ2n) is 6.41. The molecule has 2 unspecified atom stereocenters. The van der Waals surface area contributed by atoms with Gasteiger partial charge in [-0.15, -0.1) is 0 Å². The topological polar surface area (TPSA) is 65.7 Å². The summed E-state index contributed by atoms with van der Waals surface area (Å²) in [4.78, 5) is 2.27. The summed E-state index contributed by atoms with van der Waals surface area (Å²) in [5, 5.41) is 18.9. The van der Waals surface area contributed by atoms with Crippen LogP contribution in [0.2, 0.25) is 0 Å². The number of methoxy groups -OCH3 is 2. The molecule has 2 atom stereocenters. The number of fused-ring (bicyclic) bond motifs is 1. The van der Waals surface area contributed by atoms with Crippen molar-refractivity contribution < 1.29 is 14.6 Å². The van der Waals surface area contributed by atoms with E-state index in [1.807, 2.05) is 19.9 Å². The second kappa shape index (κ2) is 8.89. The van der Waals surface area contributed by atoms with E-state index in [1.54, 1.807) is 14.2 Å². The molecule has 2 rings (SSSR count). The lowest BCUT2D eigenvalue weighted by Gasteiger charge is -2.39. The number of nitriles is 1. The molecule has 0 saturated heterocycles. The predicted octanol–water partition coefficient (Wildman–Crippen LogP) is 3.23. The van der Waals surface area contributed by atoms with Crippen LogP contribution in [0.5, 0.6) is 11.5 Å². The summed E-state index contributed by atoms with van der Waals surface area (Å²) in [5.74, 6) is 1.45. The lowest BCUT2D eigenvalue weighted by Crippen LogP contribution is -2.42. The Bertz CT molecular complexity index is 664. The van der Waals surface area contributed by atoms with Crippen LogP contribution in [0.15, 0.2) is 23.8 Å². The molecule has 0 saturated carbocycles. The fraction of sp³-hybridized carbons (Fsp3) is 0.550. The Balaban J connectivity index is 2.48. The maximum atomic E-state index is 9.56. The molecular weight excluding hydrogens is 316 g/mol. The molecular formula is C20H28N2O3. The SMILES string of the molecule is CCC(C#N)N1CCc2cc(OC)c(OC)cc2C1C/C=C(\C)CO. The van der Waals surface area contributed by atoms with Crippen molar-refractivity contribution in [1.29, 1.82) is 5.26 Å². The highest BCUT2D eigenvalue weighted by molar-refractivity contribution is 5.49. The van der Waals surface area contributed by atoms with Crippen LogP contribution in [-0.2, 0) is 6.42 Å². The molecule has 1 aliphatic heterocycles. The fourth-order valence-electron chi connectivity index (χ4n) is 3.46. The van der Waals surface area contributed by atoms with Crippen LogP contribution in [0.1, 0.15) is 43.9 Å². The van der Waals surface area contributed by atoms with E-state index >= 15 is 0 Å². The van der Waals surface area contributed by atoms with E-state index in [4.69, 9.17) is 9.47 Å². The second-order valence-corrected chi connectivity index (χ2v) is 6.41. The molecule has 5 heteroatoms. The Morgan fingerprint density at radius 3 is 2.64 bits per heavy atom. The standard InChI is InChI=1S/C20H28N2O3/c1-5-16(12-21)22-9-8-15-10-19(24-3)20(25-4)11-17(15)18(22)7-6-14(2)13-23/h6,10-11,16,18,23H,5,7-9,13H2,1-4H3/b14-6+. The van der Waals surface area contributed by atoms with E-state index in [1.165, 1.54) is 11.1 Å². The number of hydrogen-bond acceptors (Lipinski definition) is 5. The molecule has 0 aliphatic carbocycles. The Morgan fingerprint density at radius 1 is 1.40 bits per heavy atom. The van der Waals surface area contributed by atoms with Crippen LogP contribution in [0, 0.1) is 11.3 Å². The number of ether oxygens (including phenoxy) is 2. The van der Waals surface area contributed by atoms with Gasteiger partial charge in [-0.2, -0.15) is 5.26 Å². The van der Waals surface area contributed by atoms with Gasteiger partial charge < -0.3 is 14.6 Å². The van der Waals surface area contributed by atoms with Gasteiger partial charge in [-0.05, 0) is 49.4 Å². The average molecular weight is 344 g/mol. The Labute approximate surface area is 150 Å². The third-order valence-electron chi connectivity index (χ3n) is 4.92. The van der Waals surface area contributed by atoms with Crippen molar-refractivity contribution in [2.45, 2.75) is 45.2 Å². The van der Waals surface area contributed by atoms with Crippen molar-refractivity contribution in [3.05, 3.63) is 34.9 Å². The molecule has 25 heavy (non-hydrogen) atoms. The van der Waals surface area contributed by atoms with Crippen molar-refractivity contribution in [3.8, 4) is 17.6 Å². The Kier molecular flexibility index (Phi) is 6.86. The summed E-state index contributed by atoms with van der Waals surface area (Å²) >= 11 is 0. The summed E-state index contributed by atoms with van der Waals surface area (Å²) in [5.41, 5.74) is 3.36. The molecule has 0 fully saturated rings. The zero-order chi connectivity index (χ0) is 18.4. The molecule has 0 radical (unpaired) electrons. The summed E-state index contributed by atoms with van der Waals surface area (Å²) < 4.78 is 10.9. The van der Waals surface area contributed by atoms with Crippen LogP contribution in [-0.4, -0.2) is 43.4 Å². The van der Waals surface area contributed by atoms with E-state index < -0.39 is 0 Å². The van der Waals surface area contributed by atoms with Crippen molar-refractivity contribution in [3.63, 3.8) is 0 Å². The summed E-state index contributed by atoms with van der Waals surface area (Å²) in [7, 11) is 3.28. The van der Waals surface area contributed by atoms with Gasteiger partial charge in [-0.25, -0.2) is 0 Å². The normalized spacial score (nSPS) is 19.0. The minimum atomic E-state index is -0.117. The van der Waals surface area contributed by atoms with Gasteiger partial charge in [0.2, 0.25) is 0 Å². The van der Waals surface area contributed by atoms with Crippen LogP contribution in [0.4, 0.5) is 0 Å². The van der Waals surface area contributed by atoms with E-state index in [0.717, 1.165) is 37.1 Å². The third-order valence-corrected chi connectivity index (χ3v) is 4.92. The van der Waals surface area contributed by atoms with E-state index in [9.17, 15) is 10.4 Å². The largest absolute Gasteiger partial charge is 0.493 e. The number of hydrogen-bond donors (Lipinski definition) is 1. The highest BCUT2D eigenvalue weighted by Crippen LogP contribution is 2.40. The molecule has 5 nitrogen and oxygen atoms in total. The summed E-state index contributed by atoms with van der Waals surface area (Å²) in [6, 6.07) is 6.50. The maximum absolute atomic E-state index is 9.56. The minimum Gasteiger partial charge on any atom is -0.493 e. The molecule has 0 spiro atoms. The zero-order valence-electron chi connectivity index (χ0n) is 15.6. The Hall–Kier alpha value is -2.03. The molecule has 1 N–H and O–H groups in total. The first-order valence-corrected chi connectivity index (χ1v) is 8.76. The minimum absolute atomic E-state index is 0.0565. The van der Waals surface area contributed by atoms with Gasteiger partial charge in [0.1, 0.15) is 0 Å². The smallest absolute Gasteiger partial charge is 0.161 e. The van der Waals surface area contributed by atoms with Gasteiger partial charge >= 0.3 is 0 Å². The van der Waals surface area contributed by atoms with Crippen LogP contribution in [0.25, 0.3) is 0 Å². The number of aliphatic hydroxyl groups is 1. The number of benzene rings is 1. The Morgan fingerprint density at radius 2 is 2.08 bits per heavy atom. The van der Waals surface area contributed by atoms with Crippen molar-refractivity contribution in [1.82, 2.24) is 4.90 Å². The van der Waals surface area contributed by atoms with Gasteiger partial charge in [0.25, 0.3) is 0 Å². The average Bonchev–Trinajstić information content (AvgIpc) is 2.66. The molecule has 1 aromatic carbocycles. The van der Waals surface area contributed by atoms with E-state index in [0.29, 0.717) is 5.75 Å². The quantitative estimate of drug-likeness (QED) is 0.769. The predicted molar refractivity (Wildman–Crippen MR) is 97.8 cm³/mol. The zero-order valence-corrected chi connectivity index (χ0v) is 15.6. The lowest BCUT2D eigenvalue weighted by molar-refractivity contribution is 0.149. The molecule has 1 aliphatic rings. The van der Waals surface area contributed by atoms with Crippen molar-refractivity contribution in [2.24, 2.45) is 0 Å². The van der Waals surface area contributed by atoms with Gasteiger partial charge in [0, 0.05) is 12.6 Å². The number of rotatable bonds is 7. The van der Waals surface area contributed by atoms with Gasteiger partial charge in [0.15, 0.2) is 11.5 Å². The fourth-order valence-corrected chi connectivity index (χ4v) is 3.46. The maximum Gasteiger partial charge on any atom is 0.161 e. The van der Waals surface area contributed by atoms with Gasteiger partial charge in [0.05, 0.1) is 32.9 Å². The van der Waals surface area contributed by atoms with E-state index in [2.05, 4.69) is 23.1 Å². The highest BCUT2D eigenvalue weighted by Gasteiger charge is 2.32. The summed E-state index contributed by atoms with van der Waals surface area (Å²) in [6.07, 6.45) is 4.49.